The Hall–Kier alpha value is -2.82. The molecule has 1 aromatic heterocycles. The monoisotopic (exact) mass is 352 g/mol. The van der Waals surface area contributed by atoms with Crippen LogP contribution in [-0.2, 0) is 4.79 Å². The molecule has 136 valence electrons. The first-order valence-corrected chi connectivity index (χ1v) is 8.83. The molecule has 0 saturated carbocycles. The van der Waals surface area contributed by atoms with Gasteiger partial charge in [-0.15, -0.1) is 0 Å². The number of ether oxygens (including phenoxy) is 2. The Morgan fingerprint density at radius 1 is 1.19 bits per heavy atom. The summed E-state index contributed by atoms with van der Waals surface area (Å²) in [7, 11) is 3.20. The minimum Gasteiger partial charge on any atom is -0.493 e. The molecule has 2 heterocycles. The third kappa shape index (κ3) is 4.04. The van der Waals surface area contributed by atoms with Crippen LogP contribution in [0.1, 0.15) is 36.4 Å². The van der Waals surface area contributed by atoms with Gasteiger partial charge in [0.2, 0.25) is 5.91 Å². The van der Waals surface area contributed by atoms with Crippen molar-refractivity contribution in [3.8, 4) is 11.5 Å². The summed E-state index contributed by atoms with van der Waals surface area (Å²) in [6.07, 6.45) is 10.2. The van der Waals surface area contributed by atoms with Crippen molar-refractivity contribution < 1.29 is 14.3 Å². The largest absolute Gasteiger partial charge is 0.493 e. The number of hydrogen-bond donors (Lipinski definition) is 0. The number of carbonyl (C=O) groups is 1. The first kappa shape index (κ1) is 18.0. The molecule has 1 aliphatic rings. The van der Waals surface area contributed by atoms with E-state index in [1.807, 2.05) is 47.5 Å². The molecule has 5 heteroatoms. The lowest BCUT2D eigenvalue weighted by atomic mass is 9.96. The van der Waals surface area contributed by atoms with E-state index < -0.39 is 0 Å². The Labute approximate surface area is 154 Å². The summed E-state index contributed by atoms with van der Waals surface area (Å²) in [6, 6.07) is 9.66. The number of rotatable bonds is 5. The van der Waals surface area contributed by atoms with E-state index in [1.165, 1.54) is 0 Å². The molecule has 1 unspecified atom stereocenters. The number of amides is 1. The zero-order valence-electron chi connectivity index (χ0n) is 15.2. The van der Waals surface area contributed by atoms with Gasteiger partial charge in [-0.1, -0.05) is 12.1 Å². The Kier molecular flexibility index (Phi) is 5.89. The van der Waals surface area contributed by atoms with E-state index in [-0.39, 0.29) is 11.9 Å². The lowest BCUT2D eigenvalue weighted by molar-refractivity contribution is -0.129. The quantitative estimate of drug-likeness (QED) is 0.767. The fraction of sp³-hybridized carbons (Fsp3) is 0.333. The van der Waals surface area contributed by atoms with Gasteiger partial charge in [0.05, 0.1) is 20.3 Å². The molecule has 1 amide bonds. The van der Waals surface area contributed by atoms with Crippen LogP contribution in [0, 0.1) is 0 Å². The number of hydrogen-bond acceptors (Lipinski definition) is 4. The average Bonchev–Trinajstić information content (AvgIpc) is 2.72. The molecule has 1 atom stereocenters. The molecule has 1 fully saturated rings. The number of pyridine rings is 1. The zero-order chi connectivity index (χ0) is 18.4. The van der Waals surface area contributed by atoms with E-state index in [9.17, 15) is 4.79 Å². The number of nitrogens with zero attached hydrogens (tertiary/aromatic N) is 2. The van der Waals surface area contributed by atoms with Gasteiger partial charge < -0.3 is 14.4 Å². The van der Waals surface area contributed by atoms with Crippen LogP contribution in [0.15, 0.2) is 48.8 Å². The van der Waals surface area contributed by atoms with Crippen molar-refractivity contribution in [1.82, 2.24) is 9.88 Å². The summed E-state index contributed by atoms with van der Waals surface area (Å²) in [6.45, 7) is 0.772. The fourth-order valence-electron chi connectivity index (χ4n) is 3.33. The van der Waals surface area contributed by atoms with E-state index in [0.717, 1.165) is 36.9 Å². The first-order chi connectivity index (χ1) is 12.7. The highest BCUT2D eigenvalue weighted by Gasteiger charge is 2.26. The Morgan fingerprint density at radius 3 is 2.77 bits per heavy atom. The summed E-state index contributed by atoms with van der Waals surface area (Å²) in [5.74, 6) is 1.34. The van der Waals surface area contributed by atoms with Crippen molar-refractivity contribution in [1.29, 1.82) is 0 Å². The Bertz CT molecular complexity index is 774. The topological polar surface area (TPSA) is 51.7 Å². The maximum absolute atomic E-state index is 12.8. The molecule has 26 heavy (non-hydrogen) atoms. The highest BCUT2D eigenvalue weighted by Crippen LogP contribution is 2.31. The molecule has 0 aliphatic carbocycles. The van der Waals surface area contributed by atoms with Gasteiger partial charge in [-0.05, 0) is 54.7 Å². The van der Waals surface area contributed by atoms with Crippen molar-refractivity contribution in [3.05, 3.63) is 59.9 Å². The third-order valence-corrected chi connectivity index (χ3v) is 4.68. The van der Waals surface area contributed by atoms with Crippen molar-refractivity contribution >= 4 is 12.0 Å². The molecule has 5 nitrogen and oxygen atoms in total. The van der Waals surface area contributed by atoms with Crippen molar-refractivity contribution in [3.63, 3.8) is 0 Å². The second-order valence-electron chi connectivity index (χ2n) is 6.28. The van der Waals surface area contributed by atoms with Crippen LogP contribution >= 0.6 is 0 Å². The molecule has 1 aromatic carbocycles. The summed E-state index contributed by atoms with van der Waals surface area (Å²) >= 11 is 0. The minimum atomic E-state index is 0.0216. The molecule has 2 aromatic rings. The van der Waals surface area contributed by atoms with Gasteiger partial charge in [0, 0.05) is 25.0 Å². The molecule has 0 spiro atoms. The predicted octanol–water partition coefficient (Wildman–Crippen LogP) is 3.87. The van der Waals surface area contributed by atoms with Crippen LogP contribution in [0.3, 0.4) is 0 Å². The smallest absolute Gasteiger partial charge is 0.247 e. The van der Waals surface area contributed by atoms with E-state index in [1.54, 1.807) is 26.5 Å². The van der Waals surface area contributed by atoms with Crippen molar-refractivity contribution in [2.45, 2.75) is 25.3 Å². The minimum absolute atomic E-state index is 0.0216. The van der Waals surface area contributed by atoms with Crippen LogP contribution in [0.2, 0.25) is 0 Å². The second kappa shape index (κ2) is 8.52. The van der Waals surface area contributed by atoms with Crippen LogP contribution in [-0.4, -0.2) is 36.6 Å². The van der Waals surface area contributed by atoms with Gasteiger partial charge in [-0.2, -0.15) is 0 Å². The van der Waals surface area contributed by atoms with Gasteiger partial charge in [0.15, 0.2) is 11.5 Å². The summed E-state index contributed by atoms with van der Waals surface area (Å²) in [4.78, 5) is 18.9. The lowest BCUT2D eigenvalue weighted by Gasteiger charge is -2.35. The maximum atomic E-state index is 12.8. The highest BCUT2D eigenvalue weighted by atomic mass is 16.5. The van der Waals surface area contributed by atoms with Crippen LogP contribution in [0.4, 0.5) is 0 Å². The summed E-state index contributed by atoms with van der Waals surface area (Å²) in [5, 5.41) is 0. The average molecular weight is 352 g/mol. The highest BCUT2D eigenvalue weighted by molar-refractivity contribution is 5.92. The van der Waals surface area contributed by atoms with E-state index in [0.29, 0.717) is 11.5 Å². The normalized spacial score (nSPS) is 17.3. The van der Waals surface area contributed by atoms with Gasteiger partial charge in [-0.25, -0.2) is 0 Å². The van der Waals surface area contributed by atoms with Crippen LogP contribution < -0.4 is 9.47 Å². The summed E-state index contributed by atoms with van der Waals surface area (Å²) in [5.41, 5.74) is 1.99. The number of benzene rings is 1. The first-order valence-electron chi connectivity index (χ1n) is 8.83. The third-order valence-electron chi connectivity index (χ3n) is 4.68. The Balaban J connectivity index is 1.76. The molecule has 0 bridgehead atoms. The van der Waals surface area contributed by atoms with Crippen molar-refractivity contribution in [2.75, 3.05) is 20.8 Å². The number of piperidine rings is 1. The fourth-order valence-corrected chi connectivity index (χ4v) is 3.33. The lowest BCUT2D eigenvalue weighted by Crippen LogP contribution is -2.37. The number of likely N-dealkylation sites (tertiary alicyclic amines) is 1. The molecular formula is C21H24N2O3. The second-order valence-corrected chi connectivity index (χ2v) is 6.28. The van der Waals surface area contributed by atoms with Gasteiger partial charge in [0.1, 0.15) is 0 Å². The molecule has 1 saturated heterocycles. The molecule has 3 rings (SSSR count). The van der Waals surface area contributed by atoms with Gasteiger partial charge >= 0.3 is 0 Å². The van der Waals surface area contributed by atoms with Crippen LogP contribution in [0.25, 0.3) is 6.08 Å². The maximum Gasteiger partial charge on any atom is 0.247 e. The summed E-state index contributed by atoms with van der Waals surface area (Å²) < 4.78 is 10.6. The number of methoxy groups -OCH3 is 2. The van der Waals surface area contributed by atoms with Gasteiger partial charge in [-0.3, -0.25) is 9.78 Å². The molecule has 0 N–H and O–H groups in total. The van der Waals surface area contributed by atoms with E-state index in [2.05, 4.69) is 4.98 Å². The van der Waals surface area contributed by atoms with E-state index >= 15 is 0 Å². The number of aromatic nitrogens is 1. The van der Waals surface area contributed by atoms with Gasteiger partial charge in [0.25, 0.3) is 0 Å². The standard InChI is InChI=1S/C21H24N2O3/c1-25-19-10-8-16(14-20(19)26-2)9-11-21(24)23-13-4-3-7-18(23)17-6-5-12-22-15-17/h5-6,8-12,14-15,18H,3-4,7,13H2,1-2H3. The van der Waals surface area contributed by atoms with Crippen molar-refractivity contribution in [2.24, 2.45) is 0 Å². The van der Waals surface area contributed by atoms with Crippen LogP contribution in [0.5, 0.6) is 11.5 Å². The Morgan fingerprint density at radius 2 is 2.04 bits per heavy atom. The zero-order valence-corrected chi connectivity index (χ0v) is 15.2. The molecular weight excluding hydrogens is 328 g/mol. The predicted molar refractivity (Wildman–Crippen MR) is 101 cm³/mol. The number of carbonyl (C=O) groups excluding carboxylic acids is 1. The SMILES string of the molecule is COc1ccc(C=CC(=O)N2CCCCC2c2cccnc2)cc1OC. The molecule has 0 radical (unpaired) electrons. The van der Waals surface area contributed by atoms with E-state index in [4.69, 9.17) is 9.47 Å². The molecule has 1 aliphatic heterocycles.